The predicted octanol–water partition coefficient (Wildman–Crippen LogP) is 3.03. The van der Waals surface area contributed by atoms with Crippen molar-refractivity contribution in [2.75, 3.05) is 13.6 Å². The highest BCUT2D eigenvalue weighted by molar-refractivity contribution is 5.11. The van der Waals surface area contributed by atoms with Gasteiger partial charge in [-0.15, -0.1) is 0 Å². The molecule has 1 N–H and O–H groups in total. The molecule has 0 amide bonds. The Bertz CT molecular complexity index is 427. The molecule has 3 heteroatoms. The molecule has 3 atom stereocenters. The zero-order chi connectivity index (χ0) is 13.5. The van der Waals surface area contributed by atoms with Gasteiger partial charge in [-0.1, -0.05) is 6.92 Å². The van der Waals surface area contributed by atoms with Crippen molar-refractivity contribution in [3.05, 3.63) is 18.0 Å². The molecule has 2 fully saturated rings. The maximum atomic E-state index is 4.80. The van der Waals surface area contributed by atoms with Gasteiger partial charge in [-0.25, -0.2) is 0 Å². The van der Waals surface area contributed by atoms with Crippen LogP contribution in [0.2, 0.25) is 0 Å². The fraction of sp³-hybridized carbons (Fsp3) is 0.812. The van der Waals surface area contributed by atoms with Crippen LogP contribution in [0.25, 0.3) is 0 Å². The van der Waals surface area contributed by atoms with E-state index in [9.17, 15) is 0 Å². The van der Waals surface area contributed by atoms with E-state index < -0.39 is 0 Å². The lowest BCUT2D eigenvalue weighted by Gasteiger charge is -2.30. The van der Waals surface area contributed by atoms with Crippen LogP contribution in [-0.4, -0.2) is 23.4 Å². The molecule has 19 heavy (non-hydrogen) atoms. The third kappa shape index (κ3) is 2.58. The van der Waals surface area contributed by atoms with Gasteiger partial charge in [0, 0.05) is 18.8 Å². The maximum Gasteiger partial charge on any atom is 0.0630 e. The number of nitrogens with zero attached hydrogens (tertiary/aromatic N) is 2. The molecule has 2 aliphatic rings. The van der Waals surface area contributed by atoms with Crippen molar-refractivity contribution in [1.29, 1.82) is 0 Å². The molecule has 1 heterocycles. The number of nitrogens with one attached hydrogen (secondary N) is 1. The summed E-state index contributed by atoms with van der Waals surface area (Å²) < 4.78 is 2.14. The molecule has 106 valence electrons. The van der Waals surface area contributed by atoms with Gasteiger partial charge in [-0.2, -0.15) is 5.10 Å². The highest BCUT2D eigenvalue weighted by Crippen LogP contribution is 2.60. The molecular formula is C16H27N3. The number of aromatic nitrogens is 2. The van der Waals surface area contributed by atoms with E-state index in [4.69, 9.17) is 5.10 Å². The van der Waals surface area contributed by atoms with Gasteiger partial charge in [0.25, 0.3) is 0 Å². The fourth-order valence-electron chi connectivity index (χ4n) is 4.02. The second-order valence-corrected chi connectivity index (χ2v) is 6.92. The van der Waals surface area contributed by atoms with Gasteiger partial charge in [0.05, 0.1) is 5.69 Å². The minimum Gasteiger partial charge on any atom is -0.319 e. The minimum absolute atomic E-state index is 0.483. The van der Waals surface area contributed by atoms with Crippen LogP contribution >= 0.6 is 0 Å². The normalized spacial score (nSPS) is 34.3. The zero-order valence-corrected chi connectivity index (χ0v) is 12.5. The van der Waals surface area contributed by atoms with Crippen LogP contribution in [0, 0.1) is 17.3 Å². The van der Waals surface area contributed by atoms with Gasteiger partial charge in [-0.3, -0.25) is 4.68 Å². The standard InChI is InChI=1S/C16H27N3/c1-4-12(2)19-6-5-15(18-19)10-16(11-17-3)8-13-7-14(13)9-16/h5-6,12-14,17H,4,7-11H2,1-3H3. The van der Waals surface area contributed by atoms with Crippen molar-refractivity contribution in [1.82, 2.24) is 15.1 Å². The van der Waals surface area contributed by atoms with E-state index in [1.165, 1.54) is 25.0 Å². The van der Waals surface area contributed by atoms with E-state index in [0.717, 1.165) is 31.2 Å². The van der Waals surface area contributed by atoms with Crippen LogP contribution in [0.5, 0.6) is 0 Å². The van der Waals surface area contributed by atoms with E-state index in [2.05, 4.69) is 43.2 Å². The first-order valence-corrected chi connectivity index (χ1v) is 7.84. The summed E-state index contributed by atoms with van der Waals surface area (Å²) in [5.74, 6) is 2.06. The first-order chi connectivity index (χ1) is 9.15. The summed E-state index contributed by atoms with van der Waals surface area (Å²) in [4.78, 5) is 0. The van der Waals surface area contributed by atoms with Crippen LogP contribution in [0.4, 0.5) is 0 Å². The van der Waals surface area contributed by atoms with E-state index in [1.807, 2.05) is 0 Å². The second-order valence-electron chi connectivity index (χ2n) is 6.92. The molecule has 1 aromatic heterocycles. The number of hydrogen-bond acceptors (Lipinski definition) is 2. The van der Waals surface area contributed by atoms with Gasteiger partial charge in [-0.05, 0) is 69.4 Å². The topological polar surface area (TPSA) is 29.9 Å². The summed E-state index contributed by atoms with van der Waals surface area (Å²) >= 11 is 0. The van der Waals surface area contributed by atoms with Crippen molar-refractivity contribution in [3.8, 4) is 0 Å². The molecule has 0 bridgehead atoms. The molecule has 2 saturated carbocycles. The van der Waals surface area contributed by atoms with Crippen molar-refractivity contribution >= 4 is 0 Å². The summed E-state index contributed by atoms with van der Waals surface area (Å²) in [6.07, 6.45) is 8.78. The average molecular weight is 261 g/mol. The Hall–Kier alpha value is -0.830. The molecule has 0 aliphatic heterocycles. The summed E-state index contributed by atoms with van der Waals surface area (Å²) in [6, 6.07) is 2.75. The fourth-order valence-corrected chi connectivity index (χ4v) is 4.02. The lowest BCUT2D eigenvalue weighted by atomic mass is 9.78. The second kappa shape index (κ2) is 4.93. The molecule has 0 radical (unpaired) electrons. The molecule has 0 aromatic carbocycles. The van der Waals surface area contributed by atoms with Crippen molar-refractivity contribution in [2.24, 2.45) is 17.3 Å². The van der Waals surface area contributed by atoms with E-state index in [-0.39, 0.29) is 0 Å². The molecular weight excluding hydrogens is 234 g/mol. The Balaban J connectivity index is 1.70. The predicted molar refractivity (Wildman–Crippen MR) is 78.1 cm³/mol. The lowest BCUT2D eigenvalue weighted by molar-refractivity contribution is 0.251. The summed E-state index contributed by atoms with van der Waals surface area (Å²) in [5.41, 5.74) is 1.77. The highest BCUT2D eigenvalue weighted by Gasteiger charge is 2.53. The Morgan fingerprint density at radius 3 is 2.84 bits per heavy atom. The molecule has 1 aromatic rings. The number of fused-ring (bicyclic) bond motifs is 1. The van der Waals surface area contributed by atoms with Crippen molar-refractivity contribution in [3.63, 3.8) is 0 Å². The highest BCUT2D eigenvalue weighted by atomic mass is 15.3. The molecule has 3 rings (SSSR count). The van der Waals surface area contributed by atoms with Crippen molar-refractivity contribution in [2.45, 2.75) is 52.0 Å². The van der Waals surface area contributed by atoms with E-state index in [1.54, 1.807) is 0 Å². The van der Waals surface area contributed by atoms with E-state index in [0.29, 0.717) is 11.5 Å². The van der Waals surface area contributed by atoms with Gasteiger partial charge < -0.3 is 5.32 Å². The summed E-state index contributed by atoms with van der Waals surface area (Å²) in [7, 11) is 2.09. The monoisotopic (exact) mass is 261 g/mol. The third-order valence-corrected chi connectivity index (χ3v) is 5.27. The van der Waals surface area contributed by atoms with Crippen LogP contribution in [0.1, 0.15) is 51.3 Å². The first-order valence-electron chi connectivity index (χ1n) is 7.84. The zero-order valence-electron chi connectivity index (χ0n) is 12.5. The van der Waals surface area contributed by atoms with Gasteiger partial charge in [0.15, 0.2) is 0 Å². The molecule has 0 spiro atoms. The van der Waals surface area contributed by atoms with Gasteiger partial charge in [0.1, 0.15) is 0 Å². The van der Waals surface area contributed by atoms with E-state index >= 15 is 0 Å². The molecule has 2 aliphatic carbocycles. The summed E-state index contributed by atoms with van der Waals surface area (Å²) in [6.45, 7) is 5.61. The smallest absolute Gasteiger partial charge is 0.0630 e. The Morgan fingerprint density at radius 2 is 2.21 bits per heavy atom. The van der Waals surface area contributed by atoms with Crippen LogP contribution in [0.15, 0.2) is 12.3 Å². The van der Waals surface area contributed by atoms with Crippen molar-refractivity contribution < 1.29 is 0 Å². The Morgan fingerprint density at radius 1 is 1.47 bits per heavy atom. The number of rotatable bonds is 6. The first kappa shape index (κ1) is 13.2. The minimum atomic E-state index is 0.483. The van der Waals surface area contributed by atoms with Crippen LogP contribution < -0.4 is 5.32 Å². The Kier molecular flexibility index (Phi) is 3.42. The molecule has 3 unspecified atom stereocenters. The average Bonchev–Trinajstić information content (AvgIpc) is 2.82. The largest absolute Gasteiger partial charge is 0.319 e. The SMILES string of the molecule is CCC(C)n1ccc(CC2(CNC)CC3CC3C2)n1. The Labute approximate surface area is 116 Å². The van der Waals surface area contributed by atoms with Gasteiger partial charge >= 0.3 is 0 Å². The lowest BCUT2D eigenvalue weighted by Crippen LogP contribution is -2.33. The van der Waals surface area contributed by atoms with Gasteiger partial charge in [0.2, 0.25) is 0 Å². The maximum absolute atomic E-state index is 4.80. The quantitative estimate of drug-likeness (QED) is 0.853. The number of hydrogen-bond donors (Lipinski definition) is 1. The van der Waals surface area contributed by atoms with Crippen LogP contribution in [0.3, 0.4) is 0 Å². The molecule has 3 nitrogen and oxygen atoms in total. The summed E-state index contributed by atoms with van der Waals surface area (Å²) in [5, 5.41) is 8.22. The molecule has 0 saturated heterocycles. The third-order valence-electron chi connectivity index (χ3n) is 5.27. The van der Waals surface area contributed by atoms with Crippen LogP contribution in [-0.2, 0) is 6.42 Å².